The van der Waals surface area contributed by atoms with Gasteiger partial charge in [0.25, 0.3) is 0 Å². The van der Waals surface area contributed by atoms with Crippen LogP contribution in [-0.2, 0) is 0 Å². The molecule has 0 saturated carbocycles. The fraction of sp³-hybridized carbons (Fsp3) is 0.455. The highest BCUT2D eigenvalue weighted by molar-refractivity contribution is 9.10. The molecule has 2 unspecified atom stereocenters. The van der Waals surface area contributed by atoms with E-state index in [1.54, 1.807) is 6.07 Å². The number of hydrogen-bond acceptors (Lipinski definition) is 2. The van der Waals surface area contributed by atoms with Gasteiger partial charge in [-0.25, -0.2) is 0 Å². The Morgan fingerprint density at radius 2 is 2.20 bits per heavy atom. The van der Waals surface area contributed by atoms with E-state index in [4.69, 9.17) is 11.6 Å². The van der Waals surface area contributed by atoms with Gasteiger partial charge in [-0.1, -0.05) is 24.6 Å². The first kappa shape index (κ1) is 13.0. The summed E-state index contributed by atoms with van der Waals surface area (Å²) in [5.41, 5.74) is 0.830. The molecule has 0 saturated heterocycles. The minimum Gasteiger partial charge on any atom is -0.387 e. The molecule has 0 spiro atoms. The van der Waals surface area contributed by atoms with Gasteiger partial charge >= 0.3 is 0 Å². The maximum atomic E-state index is 10.00. The largest absolute Gasteiger partial charge is 0.387 e. The molecule has 15 heavy (non-hydrogen) atoms. The van der Waals surface area contributed by atoms with Crippen LogP contribution in [-0.4, -0.2) is 17.7 Å². The highest BCUT2D eigenvalue weighted by Gasteiger charge is 2.15. The first-order valence-corrected chi connectivity index (χ1v) is 6.09. The summed E-state index contributed by atoms with van der Waals surface area (Å²) in [4.78, 5) is 0. The maximum Gasteiger partial charge on any atom is 0.0940 e. The molecule has 0 fully saturated rings. The van der Waals surface area contributed by atoms with Gasteiger partial charge < -0.3 is 10.4 Å². The van der Waals surface area contributed by atoms with E-state index in [2.05, 4.69) is 21.2 Å². The average molecular weight is 293 g/mol. The Morgan fingerprint density at radius 3 is 2.73 bits per heavy atom. The second-order valence-corrected chi connectivity index (χ2v) is 4.73. The number of aliphatic hydroxyl groups is 1. The van der Waals surface area contributed by atoms with Gasteiger partial charge in [-0.15, -0.1) is 0 Å². The van der Waals surface area contributed by atoms with Gasteiger partial charge in [0.05, 0.1) is 11.1 Å². The van der Waals surface area contributed by atoms with Gasteiger partial charge in [-0.05, 0) is 47.1 Å². The van der Waals surface area contributed by atoms with Gasteiger partial charge in [0.15, 0.2) is 0 Å². The highest BCUT2D eigenvalue weighted by atomic mass is 79.9. The van der Waals surface area contributed by atoms with Crippen molar-refractivity contribution in [2.45, 2.75) is 26.0 Å². The summed E-state index contributed by atoms with van der Waals surface area (Å²) in [6.45, 7) is 4.80. The monoisotopic (exact) mass is 291 g/mol. The lowest BCUT2D eigenvalue weighted by Gasteiger charge is -2.20. The molecule has 0 heterocycles. The zero-order valence-electron chi connectivity index (χ0n) is 8.80. The molecule has 1 rings (SSSR count). The summed E-state index contributed by atoms with van der Waals surface area (Å²) >= 11 is 9.28. The molecule has 0 aromatic heterocycles. The molecule has 2 N–H and O–H groups in total. The number of rotatable bonds is 4. The van der Waals surface area contributed by atoms with Crippen LogP contribution >= 0.6 is 27.5 Å². The lowest BCUT2D eigenvalue weighted by Crippen LogP contribution is -2.31. The molecule has 2 atom stereocenters. The van der Waals surface area contributed by atoms with Crippen molar-refractivity contribution >= 4 is 27.5 Å². The smallest absolute Gasteiger partial charge is 0.0940 e. The van der Waals surface area contributed by atoms with Gasteiger partial charge in [0.1, 0.15) is 0 Å². The van der Waals surface area contributed by atoms with Crippen molar-refractivity contribution in [2.75, 3.05) is 6.54 Å². The SMILES string of the molecule is CCNC(C)C(O)c1ccc(Br)c(Cl)c1. The van der Waals surface area contributed by atoms with E-state index in [0.717, 1.165) is 16.6 Å². The molecule has 0 aliphatic carbocycles. The van der Waals surface area contributed by atoms with E-state index in [0.29, 0.717) is 5.02 Å². The Morgan fingerprint density at radius 1 is 1.53 bits per heavy atom. The summed E-state index contributed by atoms with van der Waals surface area (Å²) in [6, 6.07) is 5.52. The number of likely N-dealkylation sites (N-methyl/N-ethyl adjacent to an activating group) is 1. The molecule has 84 valence electrons. The maximum absolute atomic E-state index is 10.00. The molecule has 0 amide bonds. The summed E-state index contributed by atoms with van der Waals surface area (Å²) in [5.74, 6) is 0. The Bertz CT molecular complexity index is 332. The van der Waals surface area contributed by atoms with Crippen molar-refractivity contribution in [1.29, 1.82) is 0 Å². The van der Waals surface area contributed by atoms with Gasteiger partial charge in [0, 0.05) is 10.5 Å². The second kappa shape index (κ2) is 5.85. The standard InChI is InChI=1S/C11H15BrClNO/c1-3-14-7(2)11(15)8-4-5-9(12)10(13)6-8/h4-7,11,14-15H,3H2,1-2H3. The third-order valence-corrected chi connectivity index (χ3v) is 3.52. The van der Waals surface area contributed by atoms with E-state index in [9.17, 15) is 5.11 Å². The van der Waals surface area contributed by atoms with Gasteiger partial charge in [-0.2, -0.15) is 0 Å². The van der Waals surface area contributed by atoms with Crippen LogP contribution in [0.3, 0.4) is 0 Å². The van der Waals surface area contributed by atoms with Crippen LogP contribution in [0.2, 0.25) is 5.02 Å². The van der Waals surface area contributed by atoms with Crippen LogP contribution in [0.5, 0.6) is 0 Å². The Balaban J connectivity index is 2.81. The number of halogens is 2. The molecule has 1 aromatic rings. The molecule has 0 aliphatic heterocycles. The predicted molar refractivity (Wildman–Crippen MR) is 67.3 cm³/mol. The highest BCUT2D eigenvalue weighted by Crippen LogP contribution is 2.27. The first-order valence-electron chi connectivity index (χ1n) is 4.92. The van der Waals surface area contributed by atoms with E-state index in [1.165, 1.54) is 0 Å². The lowest BCUT2D eigenvalue weighted by molar-refractivity contribution is 0.137. The van der Waals surface area contributed by atoms with Gasteiger partial charge in [0.2, 0.25) is 0 Å². The number of hydrogen-bond donors (Lipinski definition) is 2. The van der Waals surface area contributed by atoms with E-state index in [-0.39, 0.29) is 6.04 Å². The molecular weight excluding hydrogens is 277 g/mol. The van der Waals surface area contributed by atoms with Crippen molar-refractivity contribution in [3.63, 3.8) is 0 Å². The number of benzene rings is 1. The third-order valence-electron chi connectivity index (χ3n) is 2.28. The van der Waals surface area contributed by atoms with Crippen molar-refractivity contribution < 1.29 is 5.11 Å². The summed E-state index contributed by atoms with van der Waals surface area (Å²) in [7, 11) is 0. The average Bonchev–Trinajstić information content (AvgIpc) is 2.21. The summed E-state index contributed by atoms with van der Waals surface area (Å²) in [5, 5.41) is 13.8. The zero-order chi connectivity index (χ0) is 11.4. The van der Waals surface area contributed by atoms with E-state index in [1.807, 2.05) is 26.0 Å². The molecule has 1 aromatic carbocycles. The van der Waals surface area contributed by atoms with Crippen molar-refractivity contribution in [1.82, 2.24) is 5.32 Å². The van der Waals surface area contributed by atoms with Crippen molar-refractivity contribution in [2.24, 2.45) is 0 Å². The molecular formula is C11H15BrClNO. The summed E-state index contributed by atoms with van der Waals surface area (Å²) in [6.07, 6.45) is -0.532. The topological polar surface area (TPSA) is 32.3 Å². The zero-order valence-corrected chi connectivity index (χ0v) is 11.1. The second-order valence-electron chi connectivity index (χ2n) is 3.46. The minimum absolute atomic E-state index is 0.0206. The normalized spacial score (nSPS) is 15.0. The summed E-state index contributed by atoms with van der Waals surface area (Å²) < 4.78 is 0.844. The Kier molecular flexibility index (Phi) is 5.06. The Labute approximate surface area is 104 Å². The first-order chi connectivity index (χ1) is 7.06. The molecule has 0 bridgehead atoms. The Hall–Kier alpha value is -0.0900. The molecule has 0 radical (unpaired) electrons. The third kappa shape index (κ3) is 3.45. The van der Waals surface area contributed by atoms with Crippen LogP contribution in [0.4, 0.5) is 0 Å². The van der Waals surface area contributed by atoms with Gasteiger partial charge in [-0.3, -0.25) is 0 Å². The van der Waals surface area contributed by atoms with Crippen LogP contribution < -0.4 is 5.32 Å². The molecule has 0 aliphatic rings. The molecule has 4 heteroatoms. The molecule has 2 nitrogen and oxygen atoms in total. The van der Waals surface area contributed by atoms with Crippen LogP contribution in [0.1, 0.15) is 25.5 Å². The van der Waals surface area contributed by atoms with E-state index < -0.39 is 6.10 Å². The van der Waals surface area contributed by atoms with E-state index >= 15 is 0 Å². The van der Waals surface area contributed by atoms with Crippen LogP contribution in [0.15, 0.2) is 22.7 Å². The quantitative estimate of drug-likeness (QED) is 0.893. The van der Waals surface area contributed by atoms with Crippen LogP contribution in [0, 0.1) is 0 Å². The number of nitrogens with one attached hydrogen (secondary N) is 1. The van der Waals surface area contributed by atoms with Crippen molar-refractivity contribution in [3.05, 3.63) is 33.3 Å². The van der Waals surface area contributed by atoms with Crippen LogP contribution in [0.25, 0.3) is 0 Å². The predicted octanol–water partition coefficient (Wildman–Crippen LogP) is 3.13. The fourth-order valence-electron chi connectivity index (χ4n) is 1.42. The number of aliphatic hydroxyl groups excluding tert-OH is 1. The minimum atomic E-state index is -0.532. The lowest BCUT2D eigenvalue weighted by atomic mass is 10.0. The fourth-order valence-corrected chi connectivity index (χ4v) is 1.85. The van der Waals surface area contributed by atoms with Crippen molar-refractivity contribution in [3.8, 4) is 0 Å².